The summed E-state index contributed by atoms with van der Waals surface area (Å²) in [5.74, 6) is 0. The normalized spacial score (nSPS) is 14.5. The summed E-state index contributed by atoms with van der Waals surface area (Å²) in [6.45, 7) is 0. The second kappa shape index (κ2) is 5.51. The van der Waals surface area contributed by atoms with Crippen LogP contribution >= 0.6 is 0 Å². The topological polar surface area (TPSA) is 44.9 Å². The number of alkyl halides is 3. The maximum Gasteiger partial charge on any atom is 0.416 e. The van der Waals surface area contributed by atoms with Gasteiger partial charge in [-0.25, -0.2) is 0 Å². The zero-order valence-corrected chi connectivity index (χ0v) is 11.8. The van der Waals surface area contributed by atoms with Crippen LogP contribution in [0.1, 0.15) is 29.5 Å². The summed E-state index contributed by atoms with van der Waals surface area (Å²) in [5, 5.41) is 3.00. The molecule has 0 saturated heterocycles. The van der Waals surface area contributed by atoms with E-state index in [1.54, 1.807) is 6.07 Å². The van der Waals surface area contributed by atoms with Crippen molar-refractivity contribution in [1.82, 2.24) is 4.98 Å². The maximum atomic E-state index is 12.8. The van der Waals surface area contributed by atoms with Crippen LogP contribution in [0.25, 0.3) is 0 Å². The highest BCUT2D eigenvalue weighted by Gasteiger charge is 2.30. The summed E-state index contributed by atoms with van der Waals surface area (Å²) in [7, 11) is 0. The maximum absolute atomic E-state index is 12.8. The third-order valence-electron chi connectivity index (χ3n) is 3.88. The molecule has 1 aromatic heterocycles. The van der Waals surface area contributed by atoms with Crippen LogP contribution in [0, 0.1) is 0 Å². The van der Waals surface area contributed by atoms with Gasteiger partial charge < -0.3 is 10.3 Å². The minimum Gasteiger partial charge on any atom is -0.354 e. The first kappa shape index (κ1) is 14.7. The molecule has 0 radical (unpaired) electrons. The molecule has 3 nitrogen and oxygen atoms in total. The van der Waals surface area contributed by atoms with Crippen LogP contribution in [-0.2, 0) is 19.0 Å². The number of anilines is 2. The van der Waals surface area contributed by atoms with Crippen molar-refractivity contribution in [2.24, 2.45) is 0 Å². The SMILES string of the molecule is O=c1[nH]cc(Nc2cccc(C(F)(F)F)c2)c2c1CCCC2. The van der Waals surface area contributed by atoms with E-state index >= 15 is 0 Å². The second-order valence-electron chi connectivity index (χ2n) is 5.40. The van der Waals surface area contributed by atoms with E-state index in [2.05, 4.69) is 10.3 Å². The van der Waals surface area contributed by atoms with Crippen LogP contribution in [0.4, 0.5) is 24.5 Å². The third-order valence-corrected chi connectivity index (χ3v) is 3.88. The first-order valence-electron chi connectivity index (χ1n) is 7.13. The molecular weight excluding hydrogens is 293 g/mol. The molecule has 0 atom stereocenters. The molecule has 116 valence electrons. The van der Waals surface area contributed by atoms with Crippen LogP contribution in [0.5, 0.6) is 0 Å². The molecule has 1 aliphatic carbocycles. The lowest BCUT2D eigenvalue weighted by Crippen LogP contribution is -2.20. The van der Waals surface area contributed by atoms with Crippen LogP contribution in [0.3, 0.4) is 0 Å². The van der Waals surface area contributed by atoms with E-state index in [0.29, 0.717) is 17.8 Å². The molecule has 2 aromatic rings. The number of fused-ring (bicyclic) bond motifs is 1. The van der Waals surface area contributed by atoms with Gasteiger partial charge in [-0.05, 0) is 49.4 Å². The number of aromatic amines is 1. The number of H-pyrrole nitrogens is 1. The lowest BCUT2D eigenvalue weighted by Gasteiger charge is -2.19. The molecule has 0 amide bonds. The van der Waals surface area contributed by atoms with Gasteiger partial charge in [0.15, 0.2) is 0 Å². The number of rotatable bonds is 2. The molecule has 3 rings (SSSR count). The van der Waals surface area contributed by atoms with Crippen molar-refractivity contribution in [3.8, 4) is 0 Å². The Bertz CT molecular complexity index is 750. The van der Waals surface area contributed by atoms with Crippen LogP contribution in [0.2, 0.25) is 0 Å². The molecule has 1 aliphatic rings. The van der Waals surface area contributed by atoms with Gasteiger partial charge in [0.25, 0.3) is 5.56 Å². The summed E-state index contributed by atoms with van der Waals surface area (Å²) in [6.07, 6.45) is 0.578. The molecule has 6 heteroatoms. The van der Waals surface area contributed by atoms with E-state index in [1.807, 2.05) is 0 Å². The van der Waals surface area contributed by atoms with E-state index in [4.69, 9.17) is 0 Å². The average molecular weight is 308 g/mol. The van der Waals surface area contributed by atoms with Crippen molar-refractivity contribution < 1.29 is 13.2 Å². The Kier molecular flexibility index (Phi) is 3.68. The number of halogens is 3. The van der Waals surface area contributed by atoms with Crippen molar-refractivity contribution in [2.45, 2.75) is 31.9 Å². The summed E-state index contributed by atoms with van der Waals surface area (Å²) in [4.78, 5) is 14.5. The van der Waals surface area contributed by atoms with Crippen molar-refractivity contribution in [2.75, 3.05) is 5.32 Å². The van der Waals surface area contributed by atoms with Gasteiger partial charge in [-0.1, -0.05) is 6.07 Å². The second-order valence-corrected chi connectivity index (χ2v) is 5.40. The molecule has 22 heavy (non-hydrogen) atoms. The summed E-state index contributed by atoms with van der Waals surface area (Å²) in [6, 6.07) is 5.05. The van der Waals surface area contributed by atoms with Crippen LogP contribution in [0.15, 0.2) is 35.3 Å². The Balaban J connectivity index is 1.96. The molecule has 0 unspecified atom stereocenters. The number of benzene rings is 1. The van der Waals surface area contributed by atoms with E-state index in [9.17, 15) is 18.0 Å². The van der Waals surface area contributed by atoms with Gasteiger partial charge in [0, 0.05) is 17.4 Å². The molecule has 0 fully saturated rings. The minimum absolute atomic E-state index is 0.107. The molecule has 1 aromatic carbocycles. The molecule has 0 bridgehead atoms. The minimum atomic E-state index is -4.37. The molecule has 0 aliphatic heterocycles. The molecule has 0 spiro atoms. The largest absolute Gasteiger partial charge is 0.416 e. The predicted octanol–water partition coefficient (Wildman–Crippen LogP) is 4.02. The molecule has 1 heterocycles. The van der Waals surface area contributed by atoms with Crippen LogP contribution in [-0.4, -0.2) is 4.98 Å². The third kappa shape index (κ3) is 2.86. The van der Waals surface area contributed by atoms with Gasteiger partial charge in [0.2, 0.25) is 0 Å². The number of nitrogens with one attached hydrogen (secondary N) is 2. The van der Waals surface area contributed by atoms with E-state index in [0.717, 1.165) is 42.5 Å². The number of aromatic nitrogens is 1. The fourth-order valence-corrected chi connectivity index (χ4v) is 2.81. The molecule has 2 N–H and O–H groups in total. The molecule has 0 saturated carbocycles. The zero-order chi connectivity index (χ0) is 15.7. The highest BCUT2D eigenvalue weighted by atomic mass is 19.4. The zero-order valence-electron chi connectivity index (χ0n) is 11.8. The molecular formula is C16H15F3N2O. The van der Waals surface area contributed by atoms with Gasteiger partial charge in [0.1, 0.15) is 0 Å². The lowest BCUT2D eigenvalue weighted by atomic mass is 9.92. The fourth-order valence-electron chi connectivity index (χ4n) is 2.81. The number of hydrogen-bond acceptors (Lipinski definition) is 2. The summed E-state index contributed by atoms with van der Waals surface area (Å²) < 4.78 is 38.3. The highest BCUT2D eigenvalue weighted by Crippen LogP contribution is 2.32. The van der Waals surface area contributed by atoms with E-state index in [-0.39, 0.29) is 5.56 Å². The van der Waals surface area contributed by atoms with Crippen molar-refractivity contribution in [1.29, 1.82) is 0 Å². The Morgan fingerprint density at radius 3 is 2.55 bits per heavy atom. The van der Waals surface area contributed by atoms with Gasteiger partial charge in [-0.15, -0.1) is 0 Å². The first-order chi connectivity index (χ1) is 10.4. The Morgan fingerprint density at radius 1 is 1.09 bits per heavy atom. The predicted molar refractivity (Wildman–Crippen MR) is 78.4 cm³/mol. The smallest absolute Gasteiger partial charge is 0.354 e. The average Bonchev–Trinajstić information content (AvgIpc) is 2.50. The fraction of sp³-hybridized carbons (Fsp3) is 0.312. The van der Waals surface area contributed by atoms with E-state index < -0.39 is 11.7 Å². The standard InChI is InChI=1S/C16H15F3N2O/c17-16(18,19)10-4-3-5-11(8-10)21-14-9-20-15(22)13-7-2-1-6-12(13)14/h3-5,8-9,21H,1-2,6-7H2,(H,20,22). The summed E-state index contributed by atoms with van der Waals surface area (Å²) >= 11 is 0. The number of pyridine rings is 1. The van der Waals surface area contributed by atoms with Gasteiger partial charge >= 0.3 is 6.18 Å². The van der Waals surface area contributed by atoms with Gasteiger partial charge in [-0.2, -0.15) is 13.2 Å². The van der Waals surface area contributed by atoms with Gasteiger partial charge in [-0.3, -0.25) is 4.79 Å². The first-order valence-corrected chi connectivity index (χ1v) is 7.13. The summed E-state index contributed by atoms with van der Waals surface area (Å²) in [5.41, 5.74) is 1.87. The van der Waals surface area contributed by atoms with Crippen molar-refractivity contribution in [3.63, 3.8) is 0 Å². The number of hydrogen-bond donors (Lipinski definition) is 2. The lowest BCUT2D eigenvalue weighted by molar-refractivity contribution is -0.137. The quantitative estimate of drug-likeness (QED) is 0.880. The highest BCUT2D eigenvalue weighted by molar-refractivity contribution is 5.64. The Labute approximate surface area is 125 Å². The van der Waals surface area contributed by atoms with Gasteiger partial charge in [0.05, 0.1) is 11.3 Å². The van der Waals surface area contributed by atoms with Crippen molar-refractivity contribution in [3.05, 3.63) is 57.5 Å². The Morgan fingerprint density at radius 2 is 1.82 bits per heavy atom. The van der Waals surface area contributed by atoms with Crippen LogP contribution < -0.4 is 10.9 Å². The van der Waals surface area contributed by atoms with Crippen molar-refractivity contribution >= 4 is 11.4 Å². The monoisotopic (exact) mass is 308 g/mol. The Hall–Kier alpha value is -2.24. The van der Waals surface area contributed by atoms with E-state index in [1.165, 1.54) is 12.3 Å².